The van der Waals surface area contributed by atoms with E-state index in [0.717, 1.165) is 6.07 Å². The summed E-state index contributed by atoms with van der Waals surface area (Å²) in [6.07, 6.45) is -5.93. The van der Waals surface area contributed by atoms with Gasteiger partial charge in [-0.3, -0.25) is 4.90 Å². The van der Waals surface area contributed by atoms with E-state index in [-0.39, 0.29) is 12.1 Å². The van der Waals surface area contributed by atoms with Crippen molar-refractivity contribution in [2.75, 3.05) is 6.54 Å². The number of hydrogen-bond acceptors (Lipinski definition) is 2. The number of benzene rings is 1. The van der Waals surface area contributed by atoms with Crippen LogP contribution in [0.15, 0.2) is 24.3 Å². The molecule has 0 bridgehead atoms. The number of rotatable bonds is 1. The average Bonchev–Trinajstić information content (AvgIpc) is 2.70. The molecule has 1 saturated heterocycles. The Balaban J connectivity index is 2.34. The third-order valence-electron chi connectivity index (χ3n) is 3.23. The highest BCUT2D eigenvalue weighted by atomic mass is 19.4. The van der Waals surface area contributed by atoms with Crippen LogP contribution in [0.4, 0.5) is 18.0 Å². The van der Waals surface area contributed by atoms with Crippen LogP contribution in [0.2, 0.25) is 0 Å². The standard InChI is InChI=1S/C14H16F3NO2/c1-13(2,3)18-8-11(20-12(18)19)9-6-4-5-7-10(9)14(15,16)17/h4-7,11H,8H2,1-3H3. The fourth-order valence-electron chi connectivity index (χ4n) is 2.21. The molecule has 1 amide bonds. The third-order valence-corrected chi connectivity index (χ3v) is 3.23. The lowest BCUT2D eigenvalue weighted by atomic mass is 10.0. The fraction of sp³-hybridized carbons (Fsp3) is 0.500. The summed E-state index contributed by atoms with van der Waals surface area (Å²) in [5, 5.41) is 0. The Bertz CT molecular complexity index is 520. The third kappa shape index (κ3) is 2.73. The zero-order valence-electron chi connectivity index (χ0n) is 11.5. The van der Waals surface area contributed by atoms with Gasteiger partial charge in [-0.2, -0.15) is 13.2 Å². The van der Waals surface area contributed by atoms with Gasteiger partial charge in [-0.1, -0.05) is 18.2 Å². The molecule has 0 spiro atoms. The Hall–Kier alpha value is -1.72. The maximum absolute atomic E-state index is 13.0. The van der Waals surface area contributed by atoms with E-state index in [2.05, 4.69) is 0 Å². The van der Waals surface area contributed by atoms with Gasteiger partial charge in [0.15, 0.2) is 0 Å². The van der Waals surface area contributed by atoms with E-state index in [1.54, 1.807) is 0 Å². The molecular formula is C14H16F3NO2. The average molecular weight is 287 g/mol. The van der Waals surface area contributed by atoms with E-state index in [0.29, 0.717) is 0 Å². The van der Waals surface area contributed by atoms with Crippen LogP contribution in [0.5, 0.6) is 0 Å². The topological polar surface area (TPSA) is 29.5 Å². The number of ether oxygens (including phenoxy) is 1. The smallest absolute Gasteiger partial charge is 0.416 e. The summed E-state index contributed by atoms with van der Waals surface area (Å²) in [6.45, 7) is 5.56. The molecule has 110 valence electrons. The number of nitrogens with zero attached hydrogens (tertiary/aromatic N) is 1. The molecule has 0 aromatic heterocycles. The van der Waals surface area contributed by atoms with Crippen molar-refractivity contribution in [2.24, 2.45) is 0 Å². The minimum atomic E-state index is -4.46. The second kappa shape index (κ2) is 4.68. The summed E-state index contributed by atoms with van der Waals surface area (Å²) in [5.74, 6) is 0. The van der Waals surface area contributed by atoms with Gasteiger partial charge >= 0.3 is 12.3 Å². The second-order valence-electron chi connectivity index (χ2n) is 5.74. The summed E-state index contributed by atoms with van der Waals surface area (Å²) < 4.78 is 44.0. The van der Waals surface area contributed by atoms with Gasteiger partial charge in [-0.25, -0.2) is 4.79 Å². The SMILES string of the molecule is CC(C)(C)N1CC(c2ccccc2C(F)(F)F)OC1=O. The minimum absolute atomic E-state index is 0.0000926. The monoisotopic (exact) mass is 287 g/mol. The van der Waals surface area contributed by atoms with Crippen molar-refractivity contribution in [2.45, 2.75) is 38.6 Å². The molecule has 1 atom stereocenters. The van der Waals surface area contributed by atoms with Crippen LogP contribution >= 0.6 is 0 Å². The van der Waals surface area contributed by atoms with E-state index < -0.39 is 29.5 Å². The molecule has 1 fully saturated rings. The molecule has 3 nitrogen and oxygen atoms in total. The van der Waals surface area contributed by atoms with Gasteiger partial charge in [0.1, 0.15) is 6.10 Å². The Kier molecular flexibility index (Phi) is 3.44. The van der Waals surface area contributed by atoms with Gasteiger partial charge in [0.25, 0.3) is 0 Å². The van der Waals surface area contributed by atoms with Crippen molar-refractivity contribution in [3.05, 3.63) is 35.4 Å². The van der Waals surface area contributed by atoms with Crippen LogP contribution in [0, 0.1) is 0 Å². The predicted octanol–water partition coefficient (Wildman–Crippen LogP) is 4.00. The van der Waals surface area contributed by atoms with Gasteiger partial charge in [-0.15, -0.1) is 0 Å². The first-order valence-corrected chi connectivity index (χ1v) is 6.25. The van der Waals surface area contributed by atoms with Crippen LogP contribution in [0.1, 0.15) is 38.0 Å². The lowest BCUT2D eigenvalue weighted by Gasteiger charge is -2.29. The Morgan fingerprint density at radius 3 is 2.30 bits per heavy atom. The van der Waals surface area contributed by atoms with Crippen molar-refractivity contribution < 1.29 is 22.7 Å². The molecule has 1 aliphatic heterocycles. The van der Waals surface area contributed by atoms with Crippen LogP contribution in [-0.2, 0) is 10.9 Å². The molecule has 1 aromatic rings. The first-order valence-electron chi connectivity index (χ1n) is 6.25. The van der Waals surface area contributed by atoms with Gasteiger partial charge < -0.3 is 4.74 Å². The zero-order chi connectivity index (χ0) is 15.1. The van der Waals surface area contributed by atoms with Crippen molar-refractivity contribution in [3.63, 3.8) is 0 Å². The van der Waals surface area contributed by atoms with Crippen LogP contribution < -0.4 is 0 Å². The zero-order valence-corrected chi connectivity index (χ0v) is 11.5. The lowest BCUT2D eigenvalue weighted by Crippen LogP contribution is -2.41. The van der Waals surface area contributed by atoms with E-state index in [4.69, 9.17) is 4.74 Å². The van der Waals surface area contributed by atoms with Gasteiger partial charge in [-0.05, 0) is 26.8 Å². The van der Waals surface area contributed by atoms with E-state index in [9.17, 15) is 18.0 Å². The Labute approximate surface area is 115 Å². The Morgan fingerprint density at radius 2 is 1.80 bits per heavy atom. The van der Waals surface area contributed by atoms with Crippen molar-refractivity contribution in [3.8, 4) is 0 Å². The van der Waals surface area contributed by atoms with E-state index >= 15 is 0 Å². The van der Waals surface area contributed by atoms with Crippen LogP contribution in [0.3, 0.4) is 0 Å². The molecule has 1 heterocycles. The number of cyclic esters (lactones) is 1. The Morgan fingerprint density at radius 1 is 1.20 bits per heavy atom. The summed E-state index contributed by atoms with van der Waals surface area (Å²) in [4.78, 5) is 13.2. The molecule has 2 rings (SSSR count). The summed E-state index contributed by atoms with van der Waals surface area (Å²) >= 11 is 0. The quantitative estimate of drug-likeness (QED) is 0.781. The van der Waals surface area contributed by atoms with Crippen LogP contribution in [-0.4, -0.2) is 23.1 Å². The minimum Gasteiger partial charge on any atom is -0.439 e. The highest BCUT2D eigenvalue weighted by Crippen LogP contribution is 2.38. The first-order chi connectivity index (χ1) is 9.10. The molecule has 20 heavy (non-hydrogen) atoms. The normalized spacial score (nSPS) is 20.2. The van der Waals surface area contributed by atoms with E-state index in [1.165, 1.54) is 23.1 Å². The number of halogens is 3. The number of hydrogen-bond donors (Lipinski definition) is 0. The summed E-state index contributed by atoms with van der Waals surface area (Å²) in [5.41, 5.74) is -1.24. The number of carbonyl (C=O) groups is 1. The first kappa shape index (κ1) is 14.7. The molecule has 0 saturated carbocycles. The molecule has 1 aromatic carbocycles. The second-order valence-corrected chi connectivity index (χ2v) is 5.74. The number of amides is 1. The lowest BCUT2D eigenvalue weighted by molar-refractivity contribution is -0.139. The maximum atomic E-state index is 13.0. The van der Waals surface area contributed by atoms with E-state index in [1.807, 2.05) is 20.8 Å². The van der Waals surface area contributed by atoms with Crippen molar-refractivity contribution in [1.82, 2.24) is 4.90 Å². The highest BCUT2D eigenvalue weighted by Gasteiger charge is 2.42. The number of carbonyl (C=O) groups excluding carboxylic acids is 1. The molecule has 0 radical (unpaired) electrons. The molecule has 1 aliphatic rings. The summed E-state index contributed by atoms with van der Waals surface area (Å²) in [6, 6.07) is 5.19. The van der Waals surface area contributed by atoms with Gasteiger partial charge in [0, 0.05) is 11.1 Å². The maximum Gasteiger partial charge on any atom is 0.416 e. The predicted molar refractivity (Wildman–Crippen MR) is 67.1 cm³/mol. The van der Waals surface area contributed by atoms with Crippen molar-refractivity contribution in [1.29, 1.82) is 0 Å². The fourth-order valence-corrected chi connectivity index (χ4v) is 2.21. The molecule has 1 unspecified atom stereocenters. The number of alkyl halides is 3. The van der Waals surface area contributed by atoms with Crippen molar-refractivity contribution >= 4 is 6.09 Å². The highest BCUT2D eigenvalue weighted by molar-refractivity contribution is 5.71. The van der Waals surface area contributed by atoms with Crippen LogP contribution in [0.25, 0.3) is 0 Å². The molecule has 6 heteroatoms. The largest absolute Gasteiger partial charge is 0.439 e. The summed E-state index contributed by atoms with van der Waals surface area (Å²) in [7, 11) is 0. The molecule has 0 aliphatic carbocycles. The molecule has 0 N–H and O–H groups in total. The van der Waals surface area contributed by atoms with Gasteiger partial charge in [0.2, 0.25) is 0 Å². The molecular weight excluding hydrogens is 271 g/mol. The van der Waals surface area contributed by atoms with Gasteiger partial charge in [0.05, 0.1) is 12.1 Å².